The van der Waals surface area contributed by atoms with Gasteiger partial charge in [-0.3, -0.25) is 0 Å². The molecular weight excluding hydrogens is 330 g/mol. The number of hydrogen-bond acceptors (Lipinski definition) is 2. The van der Waals surface area contributed by atoms with Gasteiger partial charge in [0.05, 0.1) is 4.90 Å². The number of benzene rings is 1. The van der Waals surface area contributed by atoms with E-state index in [9.17, 15) is 8.42 Å². The molecule has 0 spiro atoms. The third-order valence-corrected chi connectivity index (χ3v) is 8.17. The van der Waals surface area contributed by atoms with Crippen LogP contribution < -0.4 is 4.72 Å². The molecule has 4 bridgehead atoms. The quantitative estimate of drug-likeness (QED) is 0.886. The average molecular weight is 354 g/mol. The maximum absolute atomic E-state index is 12.6. The van der Waals surface area contributed by atoms with Crippen LogP contribution in [-0.2, 0) is 10.0 Å². The normalized spacial score (nSPS) is 37.0. The minimum atomic E-state index is -3.47. The number of hydrogen-bond donors (Lipinski definition) is 1. The lowest BCUT2D eigenvalue weighted by atomic mass is 9.51. The van der Waals surface area contributed by atoms with Crippen LogP contribution in [0.5, 0.6) is 0 Å². The Bertz CT molecular complexity index is 657. The lowest BCUT2D eigenvalue weighted by Crippen LogP contribution is -2.52. The van der Waals surface area contributed by atoms with Crippen LogP contribution in [0.2, 0.25) is 5.02 Å². The van der Waals surface area contributed by atoms with Crippen LogP contribution >= 0.6 is 11.6 Å². The third-order valence-electron chi connectivity index (χ3n) is 6.34. The molecule has 0 saturated heterocycles. The molecule has 126 valence electrons. The molecule has 4 saturated carbocycles. The smallest absolute Gasteiger partial charge is 0.208 e. The first kappa shape index (κ1) is 15.9. The number of rotatable bonds is 4. The van der Waals surface area contributed by atoms with Gasteiger partial charge >= 0.3 is 0 Å². The fourth-order valence-corrected chi connectivity index (χ4v) is 7.19. The molecule has 5 heteroatoms. The average Bonchev–Trinajstić information content (AvgIpc) is 2.45. The third kappa shape index (κ3) is 2.94. The largest absolute Gasteiger partial charge is 0.240 e. The second-order valence-corrected chi connectivity index (χ2v) is 10.0. The Kier molecular flexibility index (Phi) is 3.98. The van der Waals surface area contributed by atoms with Gasteiger partial charge in [0.15, 0.2) is 0 Å². The first-order valence-corrected chi connectivity index (χ1v) is 10.6. The standard InChI is InChI=1S/C18H24ClNO2S/c1-11(20-23(21,22)17-4-2-16(19)3-5-17)18-14-7-12-6-13(9-14)10-15(18)8-12/h2-5,11-15,18,20H,6-10H2,1H3/t11-,12?,13?,14?,15?,18?/m0/s1. The molecule has 4 aliphatic carbocycles. The van der Waals surface area contributed by atoms with E-state index < -0.39 is 10.0 Å². The minimum absolute atomic E-state index is 0.00526. The van der Waals surface area contributed by atoms with E-state index in [4.69, 9.17) is 11.6 Å². The topological polar surface area (TPSA) is 46.2 Å². The minimum Gasteiger partial charge on any atom is -0.208 e. The highest BCUT2D eigenvalue weighted by Gasteiger charge is 2.50. The van der Waals surface area contributed by atoms with Crippen LogP contribution in [0.1, 0.15) is 39.0 Å². The Labute approximate surface area is 143 Å². The zero-order chi connectivity index (χ0) is 16.2. The molecule has 1 aromatic rings. The van der Waals surface area contributed by atoms with Gasteiger partial charge < -0.3 is 0 Å². The Hall–Kier alpha value is -0.580. The molecule has 1 atom stereocenters. The molecule has 1 N–H and O–H groups in total. The zero-order valence-corrected chi connectivity index (χ0v) is 15.0. The van der Waals surface area contributed by atoms with Crippen LogP contribution in [0.4, 0.5) is 0 Å². The molecule has 1 aromatic carbocycles. The van der Waals surface area contributed by atoms with Crippen molar-refractivity contribution in [2.45, 2.75) is 50.0 Å². The van der Waals surface area contributed by atoms with Crippen molar-refractivity contribution in [3.8, 4) is 0 Å². The molecule has 0 amide bonds. The summed E-state index contributed by atoms with van der Waals surface area (Å²) in [5.41, 5.74) is 0. The fraction of sp³-hybridized carbons (Fsp3) is 0.667. The van der Waals surface area contributed by atoms with Crippen LogP contribution in [-0.4, -0.2) is 14.5 Å². The van der Waals surface area contributed by atoms with E-state index in [2.05, 4.69) is 11.6 Å². The molecule has 0 aromatic heterocycles. The fourth-order valence-electron chi connectivity index (χ4n) is 5.79. The molecule has 4 fully saturated rings. The summed E-state index contributed by atoms with van der Waals surface area (Å²) in [6.07, 6.45) is 6.66. The SMILES string of the molecule is C[C@H](NS(=O)(=O)c1ccc(Cl)cc1)C1C2CC3CC(C2)CC1C3. The Morgan fingerprint density at radius 1 is 1.00 bits per heavy atom. The zero-order valence-electron chi connectivity index (χ0n) is 13.4. The van der Waals surface area contributed by atoms with Gasteiger partial charge in [-0.25, -0.2) is 13.1 Å². The summed E-state index contributed by atoms with van der Waals surface area (Å²) in [5.74, 6) is 3.76. The van der Waals surface area contributed by atoms with Crippen molar-refractivity contribution in [2.24, 2.45) is 29.6 Å². The van der Waals surface area contributed by atoms with Crippen LogP contribution in [0, 0.1) is 29.6 Å². The first-order valence-electron chi connectivity index (χ1n) is 8.70. The number of sulfonamides is 1. The van der Waals surface area contributed by atoms with E-state index in [0.717, 1.165) is 11.8 Å². The summed E-state index contributed by atoms with van der Waals surface area (Å²) in [6, 6.07) is 6.42. The summed E-state index contributed by atoms with van der Waals surface area (Å²) in [5, 5.41) is 0.554. The Morgan fingerprint density at radius 3 is 2.04 bits per heavy atom. The Balaban J connectivity index is 1.51. The maximum Gasteiger partial charge on any atom is 0.240 e. The molecule has 0 heterocycles. The summed E-state index contributed by atoms with van der Waals surface area (Å²) >= 11 is 5.86. The van der Waals surface area contributed by atoms with Gasteiger partial charge in [-0.15, -0.1) is 0 Å². The summed E-state index contributed by atoms with van der Waals surface area (Å²) in [7, 11) is -3.47. The predicted octanol–water partition coefficient (Wildman–Crippen LogP) is 4.08. The molecular formula is C18H24ClNO2S. The van der Waals surface area contributed by atoms with Crippen molar-refractivity contribution in [3.05, 3.63) is 29.3 Å². The van der Waals surface area contributed by atoms with Gasteiger partial charge in [-0.1, -0.05) is 11.6 Å². The molecule has 0 radical (unpaired) electrons. The van der Waals surface area contributed by atoms with E-state index in [1.165, 1.54) is 32.1 Å². The van der Waals surface area contributed by atoms with Crippen molar-refractivity contribution < 1.29 is 8.42 Å². The molecule has 0 unspecified atom stereocenters. The van der Waals surface area contributed by atoms with Gasteiger partial charge in [0, 0.05) is 11.1 Å². The van der Waals surface area contributed by atoms with E-state index in [1.807, 2.05) is 0 Å². The highest BCUT2D eigenvalue weighted by Crippen LogP contribution is 2.57. The van der Waals surface area contributed by atoms with Gasteiger partial charge in [0.25, 0.3) is 0 Å². The van der Waals surface area contributed by atoms with E-state index >= 15 is 0 Å². The van der Waals surface area contributed by atoms with Gasteiger partial charge in [0.1, 0.15) is 0 Å². The first-order chi connectivity index (χ1) is 10.9. The molecule has 23 heavy (non-hydrogen) atoms. The van der Waals surface area contributed by atoms with Crippen molar-refractivity contribution in [2.75, 3.05) is 0 Å². The second kappa shape index (κ2) is 5.75. The number of halogens is 1. The van der Waals surface area contributed by atoms with Gasteiger partial charge in [0.2, 0.25) is 10.0 Å². The van der Waals surface area contributed by atoms with E-state index in [1.54, 1.807) is 24.3 Å². The highest BCUT2D eigenvalue weighted by molar-refractivity contribution is 7.89. The Morgan fingerprint density at radius 2 is 1.52 bits per heavy atom. The lowest BCUT2D eigenvalue weighted by molar-refractivity contribution is -0.0463. The highest BCUT2D eigenvalue weighted by atomic mass is 35.5. The van der Waals surface area contributed by atoms with Crippen LogP contribution in [0.3, 0.4) is 0 Å². The van der Waals surface area contributed by atoms with Crippen LogP contribution in [0.15, 0.2) is 29.2 Å². The lowest BCUT2D eigenvalue weighted by Gasteiger charge is -2.56. The molecule has 5 rings (SSSR count). The number of nitrogens with one attached hydrogen (secondary N) is 1. The predicted molar refractivity (Wildman–Crippen MR) is 91.8 cm³/mol. The van der Waals surface area contributed by atoms with Crippen molar-refractivity contribution >= 4 is 21.6 Å². The van der Waals surface area contributed by atoms with Crippen molar-refractivity contribution in [1.29, 1.82) is 0 Å². The van der Waals surface area contributed by atoms with Crippen molar-refractivity contribution in [1.82, 2.24) is 4.72 Å². The monoisotopic (exact) mass is 353 g/mol. The molecule has 0 aliphatic heterocycles. The van der Waals surface area contributed by atoms with Gasteiger partial charge in [-0.2, -0.15) is 0 Å². The van der Waals surface area contributed by atoms with E-state index in [-0.39, 0.29) is 6.04 Å². The second-order valence-electron chi connectivity index (χ2n) is 7.87. The molecule has 4 aliphatic rings. The van der Waals surface area contributed by atoms with Crippen molar-refractivity contribution in [3.63, 3.8) is 0 Å². The molecule has 3 nitrogen and oxygen atoms in total. The van der Waals surface area contributed by atoms with Crippen LogP contribution in [0.25, 0.3) is 0 Å². The summed E-state index contributed by atoms with van der Waals surface area (Å²) < 4.78 is 28.2. The van der Waals surface area contributed by atoms with E-state index in [0.29, 0.717) is 27.7 Å². The maximum atomic E-state index is 12.6. The van der Waals surface area contributed by atoms with Gasteiger partial charge in [-0.05, 0) is 92.9 Å². The summed E-state index contributed by atoms with van der Waals surface area (Å²) in [6.45, 7) is 2.06. The summed E-state index contributed by atoms with van der Waals surface area (Å²) in [4.78, 5) is 0.303.